The van der Waals surface area contributed by atoms with Crippen LogP contribution < -0.4 is 5.32 Å². The van der Waals surface area contributed by atoms with Crippen LogP contribution in [0.5, 0.6) is 0 Å². The minimum Gasteiger partial charge on any atom is -0.375 e. The van der Waals surface area contributed by atoms with E-state index in [0.29, 0.717) is 25.3 Å². The lowest BCUT2D eigenvalue weighted by molar-refractivity contribution is 0.0757. The second-order valence-corrected chi connectivity index (χ2v) is 8.44. The summed E-state index contributed by atoms with van der Waals surface area (Å²) < 4.78 is 5.54. The highest BCUT2D eigenvalue weighted by Crippen LogP contribution is 2.32. The monoisotopic (exact) mass is 434 g/mol. The Labute approximate surface area is 191 Å². The van der Waals surface area contributed by atoms with E-state index in [1.165, 1.54) is 0 Å². The van der Waals surface area contributed by atoms with Gasteiger partial charge >= 0.3 is 0 Å². The zero-order valence-corrected chi connectivity index (χ0v) is 18.2. The number of hydrogen-bond donors (Lipinski definition) is 1. The Morgan fingerprint density at radius 2 is 1.97 bits per heavy atom. The van der Waals surface area contributed by atoms with Crippen LogP contribution in [-0.2, 0) is 23.3 Å². The minimum atomic E-state index is -0.756. The van der Waals surface area contributed by atoms with Gasteiger partial charge in [0.25, 0.3) is 5.91 Å². The number of ether oxygens (including phenoxy) is 1. The number of hydrogen-bond acceptors (Lipinski definition) is 5. The maximum Gasteiger partial charge on any atom is 0.251 e. The van der Waals surface area contributed by atoms with Gasteiger partial charge in [0.1, 0.15) is 5.41 Å². The molecule has 1 atom stereocenters. The molecular formula is C27H22N4O2. The number of pyridine rings is 2. The highest BCUT2D eigenvalue weighted by molar-refractivity contribution is 5.94. The predicted octanol–water partition coefficient (Wildman–Crippen LogP) is 4.54. The first-order chi connectivity index (χ1) is 16.1. The second-order valence-electron chi connectivity index (χ2n) is 8.44. The van der Waals surface area contributed by atoms with Gasteiger partial charge in [0.2, 0.25) is 0 Å². The molecule has 6 heteroatoms. The molecule has 0 saturated carbocycles. The van der Waals surface area contributed by atoms with Crippen LogP contribution in [0.3, 0.4) is 0 Å². The summed E-state index contributed by atoms with van der Waals surface area (Å²) in [4.78, 5) is 22.1. The van der Waals surface area contributed by atoms with Crippen molar-refractivity contribution in [2.45, 2.75) is 25.5 Å². The van der Waals surface area contributed by atoms with Crippen LogP contribution in [0.1, 0.15) is 34.0 Å². The maximum absolute atomic E-state index is 12.8. The van der Waals surface area contributed by atoms with E-state index in [2.05, 4.69) is 16.4 Å². The largest absolute Gasteiger partial charge is 0.375 e. The molecule has 6 nitrogen and oxygen atoms in total. The Balaban J connectivity index is 1.35. The second kappa shape index (κ2) is 8.45. The Bertz CT molecular complexity index is 1390. The number of nitriles is 1. The third-order valence-corrected chi connectivity index (χ3v) is 5.98. The summed E-state index contributed by atoms with van der Waals surface area (Å²) in [5, 5.41) is 12.6. The molecule has 0 unspecified atom stereocenters. The van der Waals surface area contributed by atoms with Gasteiger partial charge in [-0.3, -0.25) is 9.78 Å². The van der Waals surface area contributed by atoms with Gasteiger partial charge in [-0.15, -0.1) is 0 Å². The van der Waals surface area contributed by atoms with Crippen LogP contribution in [-0.4, -0.2) is 22.5 Å². The van der Waals surface area contributed by atoms with Crippen LogP contribution in [0.2, 0.25) is 0 Å². The molecule has 0 fully saturated rings. The molecular weight excluding hydrogens is 412 g/mol. The third kappa shape index (κ3) is 4.07. The molecule has 1 N–H and O–H groups in total. The van der Waals surface area contributed by atoms with E-state index >= 15 is 0 Å². The van der Waals surface area contributed by atoms with Crippen molar-refractivity contribution in [2.24, 2.45) is 0 Å². The van der Waals surface area contributed by atoms with Gasteiger partial charge in [0.05, 0.1) is 36.0 Å². The summed E-state index contributed by atoms with van der Waals surface area (Å²) in [5.41, 5.74) is 5.94. The van der Waals surface area contributed by atoms with Gasteiger partial charge in [-0.2, -0.15) is 5.26 Å². The van der Waals surface area contributed by atoms with Gasteiger partial charge < -0.3 is 10.1 Å². The molecule has 4 aromatic rings. The lowest BCUT2D eigenvalue weighted by Crippen LogP contribution is -2.33. The van der Waals surface area contributed by atoms with E-state index in [-0.39, 0.29) is 5.91 Å². The van der Waals surface area contributed by atoms with E-state index in [0.717, 1.165) is 39.0 Å². The van der Waals surface area contributed by atoms with Crippen molar-refractivity contribution in [3.05, 3.63) is 95.2 Å². The van der Waals surface area contributed by atoms with Crippen LogP contribution >= 0.6 is 0 Å². The van der Waals surface area contributed by atoms with Crippen molar-refractivity contribution < 1.29 is 9.53 Å². The molecule has 5 rings (SSSR count). The fourth-order valence-electron chi connectivity index (χ4n) is 4.09. The smallest absolute Gasteiger partial charge is 0.251 e. The average molecular weight is 434 g/mol. The minimum absolute atomic E-state index is 0.198. The topological polar surface area (TPSA) is 87.9 Å². The maximum atomic E-state index is 12.8. The van der Waals surface area contributed by atoms with Crippen molar-refractivity contribution in [1.82, 2.24) is 15.3 Å². The number of carbonyl (C=O) groups is 1. The van der Waals surface area contributed by atoms with E-state index in [4.69, 9.17) is 9.72 Å². The van der Waals surface area contributed by atoms with E-state index in [1.54, 1.807) is 12.3 Å². The van der Waals surface area contributed by atoms with Crippen molar-refractivity contribution in [3.8, 4) is 17.3 Å². The fraction of sp³-hybridized carbons (Fsp3) is 0.185. The first-order valence-electron chi connectivity index (χ1n) is 10.8. The van der Waals surface area contributed by atoms with Gasteiger partial charge in [0.15, 0.2) is 0 Å². The number of nitrogens with zero attached hydrogens (tertiary/aromatic N) is 3. The predicted molar refractivity (Wildman–Crippen MR) is 125 cm³/mol. The normalized spacial score (nSPS) is 17.2. The van der Waals surface area contributed by atoms with Crippen LogP contribution in [0, 0.1) is 11.3 Å². The highest BCUT2D eigenvalue weighted by atomic mass is 16.5. The fourth-order valence-corrected chi connectivity index (χ4v) is 4.09. The molecule has 2 aromatic heterocycles. The molecule has 2 aromatic carbocycles. The summed E-state index contributed by atoms with van der Waals surface area (Å²) in [7, 11) is 0. The molecule has 0 spiro atoms. The standard InChI is InChI=1S/C27H22N4O2/c1-27(16-28)17-33-15-21-8-7-20(12-22(21)27)26(32)30-14-18-11-25-24(29-13-18)10-9-23(31-25)19-5-3-2-4-6-19/h2-13H,14-15,17H2,1H3,(H,30,32)/t27-/m1/s1. The molecule has 0 saturated heterocycles. The van der Waals surface area contributed by atoms with Crippen LogP contribution in [0.25, 0.3) is 22.3 Å². The Hall–Kier alpha value is -4.08. The number of fused-ring (bicyclic) bond motifs is 2. The number of benzene rings is 2. The number of carbonyl (C=O) groups excluding carboxylic acids is 1. The zero-order valence-electron chi connectivity index (χ0n) is 18.2. The SMILES string of the molecule is C[C@@]1(C#N)COCc2ccc(C(=O)NCc3cnc4ccc(-c5ccccc5)nc4c3)cc21. The van der Waals surface area contributed by atoms with Crippen molar-refractivity contribution in [1.29, 1.82) is 5.26 Å². The Kier molecular flexibility index (Phi) is 5.33. The van der Waals surface area contributed by atoms with E-state index in [9.17, 15) is 10.1 Å². The quantitative estimate of drug-likeness (QED) is 0.510. The Morgan fingerprint density at radius 3 is 2.79 bits per heavy atom. The van der Waals surface area contributed by atoms with Crippen molar-refractivity contribution >= 4 is 16.9 Å². The summed E-state index contributed by atoms with van der Waals surface area (Å²) in [6.45, 7) is 2.94. The molecule has 0 radical (unpaired) electrons. The van der Waals surface area contributed by atoms with Crippen molar-refractivity contribution in [3.63, 3.8) is 0 Å². The van der Waals surface area contributed by atoms with Gasteiger partial charge in [0, 0.05) is 23.9 Å². The lowest BCUT2D eigenvalue weighted by Gasteiger charge is -2.30. The van der Waals surface area contributed by atoms with Gasteiger partial charge in [-0.05, 0) is 53.9 Å². The lowest BCUT2D eigenvalue weighted by atomic mass is 9.79. The molecule has 1 amide bonds. The third-order valence-electron chi connectivity index (χ3n) is 5.98. The van der Waals surface area contributed by atoms with Gasteiger partial charge in [-0.25, -0.2) is 4.98 Å². The molecule has 1 aliphatic heterocycles. The van der Waals surface area contributed by atoms with E-state index in [1.807, 2.05) is 67.6 Å². The Morgan fingerprint density at radius 1 is 1.12 bits per heavy atom. The summed E-state index contributed by atoms with van der Waals surface area (Å²) in [6, 6.07) is 23.6. The number of aromatic nitrogens is 2. The summed E-state index contributed by atoms with van der Waals surface area (Å²) in [6.07, 6.45) is 1.75. The summed E-state index contributed by atoms with van der Waals surface area (Å²) in [5.74, 6) is -0.198. The molecule has 0 aliphatic carbocycles. The van der Waals surface area contributed by atoms with Crippen molar-refractivity contribution in [2.75, 3.05) is 6.61 Å². The van der Waals surface area contributed by atoms with Gasteiger partial charge in [-0.1, -0.05) is 36.4 Å². The first kappa shape index (κ1) is 20.8. The highest BCUT2D eigenvalue weighted by Gasteiger charge is 2.33. The average Bonchev–Trinajstić information content (AvgIpc) is 2.87. The molecule has 33 heavy (non-hydrogen) atoms. The van der Waals surface area contributed by atoms with Crippen LogP contribution in [0.15, 0.2) is 72.9 Å². The zero-order chi connectivity index (χ0) is 22.8. The molecule has 162 valence electrons. The first-order valence-corrected chi connectivity index (χ1v) is 10.8. The number of amides is 1. The molecule has 0 bridgehead atoms. The number of nitrogens with one attached hydrogen (secondary N) is 1. The molecule has 1 aliphatic rings. The number of rotatable bonds is 4. The van der Waals surface area contributed by atoms with Crippen LogP contribution in [0.4, 0.5) is 0 Å². The molecule has 3 heterocycles. The van der Waals surface area contributed by atoms with E-state index < -0.39 is 5.41 Å². The summed E-state index contributed by atoms with van der Waals surface area (Å²) >= 11 is 0.